The number of rotatable bonds is 9. The monoisotopic (exact) mass is 333 g/mol. The fraction of sp³-hybridized carbons (Fsp3) is 0.462. The maximum Gasteiger partial charge on any atom is 0.342 e. The lowest BCUT2D eigenvalue weighted by molar-refractivity contribution is -0.138. The lowest BCUT2D eigenvalue weighted by Gasteiger charge is -2.23. The summed E-state index contributed by atoms with van der Waals surface area (Å²) < 4.78 is 28.1. The van der Waals surface area contributed by atoms with Gasteiger partial charge in [-0.2, -0.15) is 0 Å². The van der Waals surface area contributed by atoms with Crippen LogP contribution in [-0.4, -0.2) is 42.8 Å². The third-order valence-electron chi connectivity index (χ3n) is 2.72. The minimum atomic E-state index is -3.64. The number of methoxy groups -OCH3 is 2. The van der Waals surface area contributed by atoms with E-state index in [4.69, 9.17) is 24.2 Å². The first-order valence-corrected chi connectivity index (χ1v) is 8.22. The zero-order valence-electron chi connectivity index (χ0n) is 12.6. The molecule has 0 aliphatic heterocycles. The molecule has 1 aromatic carbocycles. The number of benzene rings is 1. The van der Waals surface area contributed by atoms with Crippen LogP contribution in [0.2, 0.25) is 0 Å². The molecule has 0 aliphatic carbocycles. The number of carboxylic acid groups (broad SMARTS) is 1. The van der Waals surface area contributed by atoms with E-state index in [2.05, 4.69) is 5.09 Å². The highest BCUT2D eigenvalue weighted by atomic mass is 31.2. The van der Waals surface area contributed by atoms with Crippen molar-refractivity contribution in [2.75, 3.05) is 20.6 Å². The van der Waals surface area contributed by atoms with Gasteiger partial charge in [-0.1, -0.05) is 6.07 Å². The van der Waals surface area contributed by atoms with Gasteiger partial charge in [0.05, 0.1) is 13.7 Å². The van der Waals surface area contributed by atoms with E-state index < -0.39 is 19.5 Å². The molecule has 0 radical (unpaired) electrons. The van der Waals surface area contributed by atoms with Gasteiger partial charge in [0, 0.05) is 7.11 Å². The molecule has 0 spiro atoms. The van der Waals surface area contributed by atoms with Crippen LogP contribution in [-0.2, 0) is 20.7 Å². The molecule has 0 bridgehead atoms. The number of aliphatic hydroxyl groups excluding tert-OH is 1. The quantitative estimate of drug-likeness (QED) is 0.581. The Balaban J connectivity index is 3.08. The van der Waals surface area contributed by atoms with Crippen LogP contribution in [0.4, 0.5) is 0 Å². The Morgan fingerprint density at radius 1 is 1.36 bits per heavy atom. The van der Waals surface area contributed by atoms with E-state index in [1.54, 1.807) is 12.1 Å². The molecule has 124 valence electrons. The molecule has 0 saturated carbocycles. The Morgan fingerprint density at radius 3 is 2.55 bits per heavy atom. The smallest absolute Gasteiger partial charge is 0.342 e. The summed E-state index contributed by atoms with van der Waals surface area (Å²) in [5.74, 6) is -0.742. The van der Waals surface area contributed by atoms with Crippen molar-refractivity contribution in [3.63, 3.8) is 0 Å². The van der Waals surface area contributed by atoms with Crippen LogP contribution in [0.5, 0.6) is 11.5 Å². The summed E-state index contributed by atoms with van der Waals surface area (Å²) in [6.07, 6.45) is -0.322. The number of aliphatic hydroxyl groups is 1. The predicted molar refractivity (Wildman–Crippen MR) is 79.3 cm³/mol. The Hall–Kier alpha value is -1.60. The van der Waals surface area contributed by atoms with E-state index in [9.17, 15) is 9.36 Å². The largest absolute Gasteiger partial charge is 0.493 e. The summed E-state index contributed by atoms with van der Waals surface area (Å²) in [6.45, 7) is 1.11. The maximum atomic E-state index is 12.7. The number of nitrogens with one attached hydrogen (secondary N) is 1. The second-order valence-corrected chi connectivity index (χ2v) is 6.56. The Bertz CT molecular complexity index is 563. The van der Waals surface area contributed by atoms with Crippen LogP contribution >= 0.6 is 7.52 Å². The number of carbonyl (C=O) groups is 1. The van der Waals surface area contributed by atoms with E-state index in [1.807, 2.05) is 0 Å². The third-order valence-corrected chi connectivity index (χ3v) is 4.59. The first kappa shape index (κ1) is 18.4. The second kappa shape index (κ2) is 8.14. The van der Waals surface area contributed by atoms with Gasteiger partial charge < -0.3 is 24.2 Å². The summed E-state index contributed by atoms with van der Waals surface area (Å²) in [4.78, 5) is 10.9. The van der Waals surface area contributed by atoms with Gasteiger partial charge in [0.25, 0.3) is 0 Å². The summed E-state index contributed by atoms with van der Waals surface area (Å²) in [5.41, 5.74) is 0.533. The highest BCUT2D eigenvalue weighted by Crippen LogP contribution is 2.46. The molecule has 0 aliphatic rings. The van der Waals surface area contributed by atoms with Crippen molar-refractivity contribution in [1.82, 2.24) is 5.09 Å². The summed E-state index contributed by atoms with van der Waals surface area (Å²) >= 11 is 0. The predicted octanol–water partition coefficient (Wildman–Crippen LogP) is 1.43. The van der Waals surface area contributed by atoms with Gasteiger partial charge in [-0.05, 0) is 24.6 Å². The Kier molecular flexibility index (Phi) is 6.83. The number of hydrogen-bond donors (Lipinski definition) is 3. The Labute approximate surface area is 128 Å². The lowest BCUT2D eigenvalue weighted by Crippen LogP contribution is -2.33. The van der Waals surface area contributed by atoms with Gasteiger partial charge >= 0.3 is 13.5 Å². The van der Waals surface area contributed by atoms with Crippen LogP contribution < -0.4 is 14.3 Å². The highest BCUT2D eigenvalue weighted by molar-refractivity contribution is 7.57. The van der Waals surface area contributed by atoms with Crippen LogP contribution in [0, 0.1) is 0 Å². The molecule has 1 aromatic rings. The van der Waals surface area contributed by atoms with Gasteiger partial charge in [0.1, 0.15) is 12.4 Å². The van der Waals surface area contributed by atoms with Crippen molar-refractivity contribution < 1.29 is 33.6 Å². The molecule has 0 heterocycles. The highest BCUT2D eigenvalue weighted by Gasteiger charge is 2.30. The molecule has 0 amide bonds. The number of hydrogen-bond acceptors (Lipinski definition) is 6. The molecule has 0 fully saturated rings. The van der Waals surface area contributed by atoms with E-state index in [0.29, 0.717) is 11.3 Å². The summed E-state index contributed by atoms with van der Waals surface area (Å²) in [5, 5.41) is 20.5. The second-order valence-electron chi connectivity index (χ2n) is 4.51. The van der Waals surface area contributed by atoms with Crippen molar-refractivity contribution >= 4 is 13.5 Å². The van der Waals surface area contributed by atoms with Gasteiger partial charge in [0.2, 0.25) is 0 Å². The zero-order chi connectivity index (χ0) is 16.8. The van der Waals surface area contributed by atoms with Gasteiger partial charge in [0.15, 0.2) is 11.5 Å². The average molecular weight is 333 g/mol. The fourth-order valence-corrected chi connectivity index (χ4v) is 3.34. The fourth-order valence-electron chi connectivity index (χ4n) is 1.66. The van der Waals surface area contributed by atoms with Crippen LogP contribution in [0.1, 0.15) is 12.5 Å². The van der Waals surface area contributed by atoms with Crippen molar-refractivity contribution in [2.45, 2.75) is 19.6 Å². The van der Waals surface area contributed by atoms with Crippen LogP contribution in [0.25, 0.3) is 0 Å². The van der Waals surface area contributed by atoms with Crippen LogP contribution in [0.3, 0.4) is 0 Å². The first-order chi connectivity index (χ1) is 10.3. The van der Waals surface area contributed by atoms with Crippen molar-refractivity contribution in [1.29, 1.82) is 0 Å². The van der Waals surface area contributed by atoms with Crippen molar-refractivity contribution in [3.05, 3.63) is 23.8 Å². The van der Waals surface area contributed by atoms with E-state index in [0.717, 1.165) is 0 Å². The first-order valence-electron chi connectivity index (χ1n) is 6.41. The van der Waals surface area contributed by atoms with Crippen molar-refractivity contribution in [2.24, 2.45) is 0 Å². The van der Waals surface area contributed by atoms with E-state index in [-0.39, 0.29) is 18.7 Å². The standard InChI is InChI=1S/C13H20NO7P/c1-9(13(16)17)14-22(18,8-19-2)21-12-6-10(7-15)4-5-11(12)20-3/h4-6,9,15H,7-8H2,1-3H3,(H,14,18)(H,16,17)/t9-,22?/m0/s1. The summed E-state index contributed by atoms with van der Waals surface area (Å²) in [6, 6.07) is 3.56. The topological polar surface area (TPSA) is 114 Å². The zero-order valence-corrected chi connectivity index (χ0v) is 13.5. The minimum absolute atomic E-state index is 0.125. The van der Waals surface area contributed by atoms with Crippen LogP contribution in [0.15, 0.2) is 18.2 Å². The maximum absolute atomic E-state index is 12.7. The van der Waals surface area contributed by atoms with Gasteiger partial charge in [-0.3, -0.25) is 9.36 Å². The van der Waals surface area contributed by atoms with Gasteiger partial charge in [-0.25, -0.2) is 5.09 Å². The number of carboxylic acids is 1. The number of aliphatic carboxylic acids is 1. The molecule has 1 rings (SSSR count). The molecule has 8 nitrogen and oxygen atoms in total. The van der Waals surface area contributed by atoms with E-state index in [1.165, 1.54) is 27.2 Å². The average Bonchev–Trinajstić information content (AvgIpc) is 2.46. The minimum Gasteiger partial charge on any atom is -0.493 e. The molecule has 0 aromatic heterocycles. The third kappa shape index (κ3) is 4.99. The molecular formula is C13H20NO7P. The SMILES string of the molecule is COCP(=O)(N[C@@H](C)C(=O)O)Oc1cc(CO)ccc1OC. The molecule has 0 saturated heterocycles. The van der Waals surface area contributed by atoms with Gasteiger partial charge in [-0.15, -0.1) is 0 Å². The molecule has 2 atom stereocenters. The van der Waals surface area contributed by atoms with E-state index >= 15 is 0 Å². The Morgan fingerprint density at radius 2 is 2.05 bits per heavy atom. The molecular weight excluding hydrogens is 313 g/mol. The normalized spacial score (nSPS) is 14.9. The molecule has 22 heavy (non-hydrogen) atoms. The lowest BCUT2D eigenvalue weighted by atomic mass is 10.2. The molecule has 3 N–H and O–H groups in total. The number of ether oxygens (including phenoxy) is 2. The van der Waals surface area contributed by atoms with Crippen molar-refractivity contribution in [3.8, 4) is 11.5 Å². The summed E-state index contributed by atoms with van der Waals surface area (Å²) in [7, 11) is -0.900. The molecule has 1 unspecified atom stereocenters. The molecule has 9 heteroatoms.